The summed E-state index contributed by atoms with van der Waals surface area (Å²) in [6.45, 7) is 5.14. The second kappa shape index (κ2) is 7.16. The second-order valence-corrected chi connectivity index (χ2v) is 4.79. The number of rotatable bonds is 6. The third kappa shape index (κ3) is 3.97. The molecule has 0 aromatic heterocycles. The molecule has 1 nitrogen and oxygen atoms in total. The molecule has 0 aliphatic carbocycles. The van der Waals surface area contributed by atoms with Crippen molar-refractivity contribution in [2.45, 2.75) is 45.7 Å². The molecule has 1 aromatic carbocycles. The Labute approximate surface area is 108 Å². The summed E-state index contributed by atoms with van der Waals surface area (Å²) in [5.41, 5.74) is 1.00. The van der Waals surface area contributed by atoms with E-state index in [1.807, 2.05) is 18.2 Å². The van der Waals surface area contributed by atoms with Crippen molar-refractivity contribution in [1.29, 1.82) is 0 Å². The maximum absolute atomic E-state index is 6.11. The van der Waals surface area contributed by atoms with E-state index in [0.29, 0.717) is 6.04 Å². The summed E-state index contributed by atoms with van der Waals surface area (Å²) in [6.07, 6.45) is 3.52. The average Bonchev–Trinajstić information content (AvgIpc) is 2.27. The van der Waals surface area contributed by atoms with Gasteiger partial charge in [0.1, 0.15) is 0 Å². The van der Waals surface area contributed by atoms with Crippen molar-refractivity contribution in [3.8, 4) is 0 Å². The molecule has 0 bridgehead atoms. The van der Waals surface area contributed by atoms with Crippen molar-refractivity contribution >= 4 is 23.2 Å². The monoisotopic (exact) mass is 259 g/mol. The molecule has 1 unspecified atom stereocenters. The molecule has 1 aromatic rings. The van der Waals surface area contributed by atoms with Gasteiger partial charge in [-0.15, -0.1) is 0 Å². The molecule has 16 heavy (non-hydrogen) atoms. The van der Waals surface area contributed by atoms with E-state index in [1.165, 1.54) is 12.8 Å². The van der Waals surface area contributed by atoms with E-state index in [-0.39, 0.29) is 0 Å². The second-order valence-electron chi connectivity index (χ2n) is 3.97. The van der Waals surface area contributed by atoms with Crippen LogP contribution in [-0.2, 0) is 6.54 Å². The minimum absolute atomic E-state index is 0.553. The first-order valence-corrected chi connectivity index (χ1v) is 6.60. The summed E-state index contributed by atoms with van der Waals surface area (Å²) < 4.78 is 0. The van der Waals surface area contributed by atoms with Crippen LogP contribution in [0.5, 0.6) is 0 Å². The van der Waals surface area contributed by atoms with Crippen LogP contribution in [0.15, 0.2) is 18.2 Å². The fourth-order valence-electron chi connectivity index (χ4n) is 1.75. The summed E-state index contributed by atoms with van der Waals surface area (Å²) in [4.78, 5) is 0. The van der Waals surface area contributed by atoms with Crippen molar-refractivity contribution in [1.82, 2.24) is 5.32 Å². The smallest absolute Gasteiger partial charge is 0.0465 e. The predicted molar refractivity (Wildman–Crippen MR) is 72.3 cm³/mol. The van der Waals surface area contributed by atoms with Gasteiger partial charge in [-0.2, -0.15) is 0 Å². The van der Waals surface area contributed by atoms with Gasteiger partial charge in [-0.05, 0) is 25.0 Å². The molecule has 0 saturated carbocycles. The van der Waals surface area contributed by atoms with Gasteiger partial charge in [-0.1, -0.05) is 49.5 Å². The van der Waals surface area contributed by atoms with Crippen LogP contribution in [0.2, 0.25) is 10.0 Å². The molecule has 1 atom stereocenters. The minimum atomic E-state index is 0.553. The first-order chi connectivity index (χ1) is 7.69. The Morgan fingerprint density at radius 1 is 1.19 bits per heavy atom. The molecule has 1 rings (SSSR count). The van der Waals surface area contributed by atoms with Gasteiger partial charge in [0.25, 0.3) is 0 Å². The number of nitrogens with one attached hydrogen (secondary N) is 1. The lowest BCUT2D eigenvalue weighted by atomic mass is 10.1. The average molecular weight is 260 g/mol. The van der Waals surface area contributed by atoms with Gasteiger partial charge in [0.05, 0.1) is 0 Å². The van der Waals surface area contributed by atoms with Gasteiger partial charge in [-0.3, -0.25) is 0 Å². The van der Waals surface area contributed by atoms with Crippen molar-refractivity contribution in [2.24, 2.45) is 0 Å². The standard InChI is InChI=1S/C13H19Cl2N/c1-3-6-10(4-2)16-9-11-12(14)7-5-8-13(11)15/h5,7-8,10,16H,3-4,6,9H2,1-2H3. The van der Waals surface area contributed by atoms with E-state index in [4.69, 9.17) is 23.2 Å². The predicted octanol–water partition coefficient (Wildman–Crippen LogP) is 4.66. The summed E-state index contributed by atoms with van der Waals surface area (Å²) in [6, 6.07) is 6.19. The van der Waals surface area contributed by atoms with Crippen LogP contribution in [0, 0.1) is 0 Å². The highest BCUT2D eigenvalue weighted by molar-refractivity contribution is 6.35. The zero-order valence-electron chi connectivity index (χ0n) is 9.89. The molecule has 0 heterocycles. The molecular weight excluding hydrogens is 241 g/mol. The van der Waals surface area contributed by atoms with Gasteiger partial charge < -0.3 is 5.32 Å². The lowest BCUT2D eigenvalue weighted by Gasteiger charge is -2.17. The molecule has 0 fully saturated rings. The van der Waals surface area contributed by atoms with Crippen LogP contribution in [0.3, 0.4) is 0 Å². The number of hydrogen-bond donors (Lipinski definition) is 1. The highest BCUT2D eigenvalue weighted by Crippen LogP contribution is 2.24. The fraction of sp³-hybridized carbons (Fsp3) is 0.538. The van der Waals surface area contributed by atoms with E-state index in [1.54, 1.807) is 0 Å². The molecule has 3 heteroatoms. The SMILES string of the molecule is CCCC(CC)NCc1c(Cl)cccc1Cl. The largest absolute Gasteiger partial charge is 0.310 e. The number of benzene rings is 1. The molecule has 0 amide bonds. The highest BCUT2D eigenvalue weighted by atomic mass is 35.5. The third-order valence-electron chi connectivity index (χ3n) is 2.76. The van der Waals surface area contributed by atoms with Gasteiger partial charge in [0.15, 0.2) is 0 Å². The molecular formula is C13H19Cl2N. The van der Waals surface area contributed by atoms with E-state index in [0.717, 1.165) is 28.6 Å². The highest BCUT2D eigenvalue weighted by Gasteiger charge is 2.08. The van der Waals surface area contributed by atoms with Gasteiger partial charge in [-0.25, -0.2) is 0 Å². The Bertz CT molecular complexity index is 305. The topological polar surface area (TPSA) is 12.0 Å². The van der Waals surface area contributed by atoms with E-state index >= 15 is 0 Å². The summed E-state index contributed by atoms with van der Waals surface area (Å²) in [5, 5.41) is 4.98. The first-order valence-electron chi connectivity index (χ1n) is 5.85. The summed E-state index contributed by atoms with van der Waals surface area (Å²) in [5.74, 6) is 0. The molecule has 0 aliphatic rings. The van der Waals surface area contributed by atoms with Crippen LogP contribution < -0.4 is 5.32 Å². The Morgan fingerprint density at radius 3 is 2.31 bits per heavy atom. The van der Waals surface area contributed by atoms with Gasteiger partial charge in [0, 0.05) is 28.2 Å². The zero-order valence-corrected chi connectivity index (χ0v) is 11.4. The van der Waals surface area contributed by atoms with E-state index in [2.05, 4.69) is 19.2 Å². The molecule has 0 aliphatic heterocycles. The van der Waals surface area contributed by atoms with Crippen LogP contribution in [0.4, 0.5) is 0 Å². The van der Waals surface area contributed by atoms with E-state index in [9.17, 15) is 0 Å². The fourth-order valence-corrected chi connectivity index (χ4v) is 2.28. The van der Waals surface area contributed by atoms with Gasteiger partial charge in [0.2, 0.25) is 0 Å². The zero-order chi connectivity index (χ0) is 12.0. The molecule has 90 valence electrons. The summed E-state index contributed by atoms with van der Waals surface area (Å²) >= 11 is 12.2. The van der Waals surface area contributed by atoms with Gasteiger partial charge >= 0.3 is 0 Å². The van der Waals surface area contributed by atoms with Crippen LogP contribution in [-0.4, -0.2) is 6.04 Å². The van der Waals surface area contributed by atoms with Crippen molar-refractivity contribution in [2.75, 3.05) is 0 Å². The lowest BCUT2D eigenvalue weighted by molar-refractivity contribution is 0.462. The van der Waals surface area contributed by atoms with Crippen molar-refractivity contribution < 1.29 is 0 Å². The quantitative estimate of drug-likeness (QED) is 0.784. The molecule has 0 spiro atoms. The molecule has 0 saturated heterocycles. The lowest BCUT2D eigenvalue weighted by Crippen LogP contribution is -2.27. The Hall–Kier alpha value is -0.240. The van der Waals surface area contributed by atoms with Crippen LogP contribution in [0.25, 0.3) is 0 Å². The van der Waals surface area contributed by atoms with Crippen molar-refractivity contribution in [3.63, 3.8) is 0 Å². The third-order valence-corrected chi connectivity index (χ3v) is 3.47. The summed E-state index contributed by atoms with van der Waals surface area (Å²) in [7, 11) is 0. The number of hydrogen-bond acceptors (Lipinski definition) is 1. The maximum atomic E-state index is 6.11. The first kappa shape index (κ1) is 13.8. The van der Waals surface area contributed by atoms with Crippen LogP contribution in [0.1, 0.15) is 38.7 Å². The van der Waals surface area contributed by atoms with Crippen LogP contribution >= 0.6 is 23.2 Å². The Morgan fingerprint density at radius 2 is 1.81 bits per heavy atom. The normalized spacial score (nSPS) is 12.8. The molecule has 1 N–H and O–H groups in total. The maximum Gasteiger partial charge on any atom is 0.0465 e. The van der Waals surface area contributed by atoms with Crippen molar-refractivity contribution in [3.05, 3.63) is 33.8 Å². The Kier molecular flexibility index (Phi) is 6.18. The Balaban J connectivity index is 2.59. The number of halogens is 2. The minimum Gasteiger partial charge on any atom is -0.310 e. The molecule has 0 radical (unpaired) electrons. The van der Waals surface area contributed by atoms with E-state index < -0.39 is 0 Å².